The van der Waals surface area contributed by atoms with Crippen LogP contribution >= 0.6 is 0 Å². The van der Waals surface area contributed by atoms with Crippen LogP contribution < -0.4 is 26.7 Å². The lowest BCUT2D eigenvalue weighted by Crippen LogP contribution is -2.49. The van der Waals surface area contributed by atoms with Crippen LogP contribution in [0.25, 0.3) is 10.9 Å². The molecule has 0 saturated carbocycles. The Morgan fingerprint density at radius 1 is 1.32 bits per heavy atom. The molecule has 14 heteroatoms. The highest BCUT2D eigenvalue weighted by Crippen LogP contribution is 2.22. The van der Waals surface area contributed by atoms with E-state index in [-0.39, 0.29) is 29.6 Å². The third-order valence-electron chi connectivity index (χ3n) is 5.81. The molecule has 2 amide bonds. The summed E-state index contributed by atoms with van der Waals surface area (Å²) in [6.07, 6.45) is 2.32. The first-order chi connectivity index (χ1) is 18.1. The van der Waals surface area contributed by atoms with Gasteiger partial charge in [0.15, 0.2) is 11.8 Å². The fourth-order valence-corrected chi connectivity index (χ4v) is 3.76. The highest BCUT2D eigenvalue weighted by Gasteiger charge is 2.25. The number of carboxylic acid groups (broad SMARTS) is 1. The molecule has 1 aromatic carbocycles. The first kappa shape index (κ1) is 28.3. The zero-order valence-electron chi connectivity index (χ0n) is 21.0. The summed E-state index contributed by atoms with van der Waals surface area (Å²) in [6.45, 7) is 2.47. The smallest absolute Gasteiger partial charge is 0.407 e. The number of unbranched alkanes of at least 4 members (excludes halogenated alkanes) is 1. The number of guanidine groups is 1. The number of carbonyl (C=O) groups excluding carboxylic acids is 2. The van der Waals surface area contributed by atoms with Crippen LogP contribution in [0.5, 0.6) is 0 Å². The Hall–Kier alpha value is -4.23. The number of fused-ring (bicyclic) bond motifs is 1. The van der Waals surface area contributed by atoms with Crippen molar-refractivity contribution in [3.63, 3.8) is 0 Å². The summed E-state index contributed by atoms with van der Waals surface area (Å²) in [4.78, 5) is 53.1. The zero-order valence-corrected chi connectivity index (χ0v) is 21.0. The maximum absolute atomic E-state index is 15.3. The van der Waals surface area contributed by atoms with Crippen LogP contribution in [0.3, 0.4) is 0 Å². The fraction of sp³-hybridized carbons (Fsp3) is 0.458. The zero-order chi connectivity index (χ0) is 27.8. The minimum Gasteiger partial charge on any atom is -0.480 e. The molecular weight excluding hydrogens is 506 g/mol. The molecule has 0 radical (unpaired) electrons. The number of alkyl carbamates (subject to hydrolysis) is 1. The van der Waals surface area contributed by atoms with Crippen LogP contribution in [-0.4, -0.2) is 65.9 Å². The van der Waals surface area contributed by atoms with Gasteiger partial charge in [0.1, 0.15) is 17.4 Å². The van der Waals surface area contributed by atoms with Gasteiger partial charge in [-0.15, -0.1) is 0 Å². The summed E-state index contributed by atoms with van der Waals surface area (Å²) in [5.41, 5.74) is -1.91. The summed E-state index contributed by atoms with van der Waals surface area (Å²) in [6, 6.07) is -0.677. The van der Waals surface area contributed by atoms with E-state index >= 15 is 4.39 Å². The molecular formula is C24H30F2N6O6. The Labute approximate surface area is 216 Å². The van der Waals surface area contributed by atoms with Gasteiger partial charge in [0, 0.05) is 45.0 Å². The van der Waals surface area contributed by atoms with Gasteiger partial charge in [-0.05, 0) is 18.9 Å². The van der Waals surface area contributed by atoms with Crippen LogP contribution in [0.1, 0.15) is 42.1 Å². The van der Waals surface area contributed by atoms with E-state index in [2.05, 4.69) is 26.3 Å². The number of carbonyl (C=O) groups is 3. The van der Waals surface area contributed by atoms with Gasteiger partial charge in [-0.2, -0.15) is 0 Å². The number of nitrogens with one attached hydrogen (secondary N) is 4. The number of aryl methyl sites for hydroxylation is 1. The van der Waals surface area contributed by atoms with Crippen molar-refractivity contribution in [2.24, 2.45) is 12.0 Å². The second kappa shape index (κ2) is 12.8. The van der Waals surface area contributed by atoms with E-state index in [1.54, 1.807) is 0 Å². The van der Waals surface area contributed by atoms with Crippen molar-refractivity contribution in [2.75, 3.05) is 26.2 Å². The van der Waals surface area contributed by atoms with E-state index in [1.807, 2.05) is 6.92 Å². The van der Waals surface area contributed by atoms with Crippen molar-refractivity contribution in [1.82, 2.24) is 25.8 Å². The Kier molecular flexibility index (Phi) is 9.57. The molecule has 5 N–H and O–H groups in total. The lowest BCUT2D eigenvalue weighted by Gasteiger charge is -2.18. The van der Waals surface area contributed by atoms with Gasteiger partial charge in [-0.1, -0.05) is 13.3 Å². The number of benzene rings is 1. The molecule has 12 nitrogen and oxygen atoms in total. The molecule has 1 aliphatic heterocycles. The van der Waals surface area contributed by atoms with E-state index in [0.717, 1.165) is 25.1 Å². The number of pyridine rings is 1. The number of aliphatic carboxylic acids is 1. The van der Waals surface area contributed by atoms with Crippen LogP contribution in [-0.2, 0) is 23.1 Å². The lowest BCUT2D eigenvalue weighted by atomic mass is 10.1. The molecule has 1 atom stereocenters. The second-order valence-electron chi connectivity index (χ2n) is 8.63. The standard InChI is InChI=1S/C24H30F2N6O6/c1-3-4-8-38-24(37)31-17(22(35)36)11-29-21(34)15-12-32(2)19-13(20(15)33)9-16(25)14(18(19)26)10-30-23-27-6-5-7-28-23/h9,12,17H,3-8,10-11H2,1-2H3,(H,29,34)(H,31,37)(H,35,36)(H2,27,28,30). The van der Waals surface area contributed by atoms with Gasteiger partial charge in [0.05, 0.1) is 17.5 Å². The quantitative estimate of drug-likeness (QED) is 0.281. The van der Waals surface area contributed by atoms with Gasteiger partial charge in [0.25, 0.3) is 5.91 Å². The van der Waals surface area contributed by atoms with E-state index in [4.69, 9.17) is 4.74 Å². The number of halogens is 2. The normalized spacial score (nSPS) is 13.7. The molecule has 2 aromatic rings. The molecule has 0 saturated heterocycles. The van der Waals surface area contributed by atoms with Crippen LogP contribution in [0.4, 0.5) is 13.6 Å². The molecule has 0 aliphatic carbocycles. The number of ether oxygens (including phenoxy) is 1. The largest absolute Gasteiger partial charge is 0.480 e. The summed E-state index contributed by atoms with van der Waals surface area (Å²) < 4.78 is 36.2. The van der Waals surface area contributed by atoms with Crippen molar-refractivity contribution < 1.29 is 33.0 Å². The number of amides is 2. The summed E-state index contributed by atoms with van der Waals surface area (Å²) in [5, 5.41) is 19.2. The molecule has 0 fully saturated rings. The first-order valence-corrected chi connectivity index (χ1v) is 12.1. The van der Waals surface area contributed by atoms with E-state index in [9.17, 15) is 28.7 Å². The first-order valence-electron chi connectivity index (χ1n) is 12.1. The van der Waals surface area contributed by atoms with Crippen molar-refractivity contribution in [2.45, 2.75) is 38.8 Å². The van der Waals surface area contributed by atoms with Crippen molar-refractivity contribution in [3.8, 4) is 0 Å². The van der Waals surface area contributed by atoms with Crippen molar-refractivity contribution in [3.05, 3.63) is 45.2 Å². The van der Waals surface area contributed by atoms with Crippen molar-refractivity contribution >= 4 is 34.8 Å². The molecule has 1 unspecified atom stereocenters. The monoisotopic (exact) mass is 536 g/mol. The van der Waals surface area contributed by atoms with Crippen LogP contribution in [0.15, 0.2) is 22.1 Å². The van der Waals surface area contributed by atoms with Crippen molar-refractivity contribution in [1.29, 1.82) is 0 Å². The van der Waals surface area contributed by atoms with Gasteiger partial charge in [-0.3, -0.25) is 14.6 Å². The maximum atomic E-state index is 15.3. The average molecular weight is 537 g/mol. The Morgan fingerprint density at radius 3 is 2.74 bits per heavy atom. The number of rotatable bonds is 10. The van der Waals surface area contributed by atoms with E-state index in [1.165, 1.54) is 11.6 Å². The summed E-state index contributed by atoms with van der Waals surface area (Å²) in [7, 11) is 1.39. The van der Waals surface area contributed by atoms with Gasteiger partial charge in [0.2, 0.25) is 5.43 Å². The third-order valence-corrected chi connectivity index (χ3v) is 5.81. The number of aliphatic imine (C=N–C) groups is 1. The molecule has 0 bridgehead atoms. The average Bonchev–Trinajstić information content (AvgIpc) is 2.88. The van der Waals surface area contributed by atoms with Crippen LogP contribution in [0, 0.1) is 11.6 Å². The molecule has 38 heavy (non-hydrogen) atoms. The Morgan fingerprint density at radius 2 is 2.08 bits per heavy atom. The highest BCUT2D eigenvalue weighted by molar-refractivity contribution is 5.98. The molecule has 1 aliphatic rings. The van der Waals surface area contributed by atoms with Crippen LogP contribution in [0.2, 0.25) is 0 Å². The predicted molar refractivity (Wildman–Crippen MR) is 134 cm³/mol. The number of nitrogens with zero attached hydrogens (tertiary/aromatic N) is 2. The van der Waals surface area contributed by atoms with E-state index in [0.29, 0.717) is 25.5 Å². The summed E-state index contributed by atoms with van der Waals surface area (Å²) >= 11 is 0. The predicted octanol–water partition coefficient (Wildman–Crippen LogP) is 0.965. The van der Waals surface area contributed by atoms with Gasteiger partial charge in [-0.25, -0.2) is 18.4 Å². The molecule has 2 heterocycles. The molecule has 0 spiro atoms. The van der Waals surface area contributed by atoms with Gasteiger partial charge >= 0.3 is 12.1 Å². The lowest BCUT2D eigenvalue weighted by molar-refractivity contribution is -0.139. The number of hydrogen-bond donors (Lipinski definition) is 5. The fourth-order valence-electron chi connectivity index (χ4n) is 3.76. The Bertz CT molecular complexity index is 1310. The summed E-state index contributed by atoms with van der Waals surface area (Å²) in [5.74, 6) is -3.95. The minimum atomic E-state index is -1.54. The SMILES string of the molecule is CCCCOC(=O)NC(CNC(=O)c1cn(C)c2c(F)c(CNC3=NCCCN3)c(F)cc2c1=O)C(=O)O. The third kappa shape index (κ3) is 6.75. The highest BCUT2D eigenvalue weighted by atomic mass is 19.1. The van der Waals surface area contributed by atoms with Gasteiger partial charge < -0.3 is 35.7 Å². The number of aromatic nitrogens is 1. The van der Waals surface area contributed by atoms with E-state index < -0.39 is 53.2 Å². The molecule has 1 aromatic heterocycles. The molecule has 3 rings (SSSR count). The second-order valence-corrected chi connectivity index (χ2v) is 8.63. The minimum absolute atomic E-state index is 0.102. The number of hydrogen-bond acceptors (Lipinski definition) is 8. The maximum Gasteiger partial charge on any atom is 0.407 e. The topological polar surface area (TPSA) is 163 Å². The Balaban J connectivity index is 1.79. The molecule has 206 valence electrons. The number of carboxylic acids is 1.